The molecule has 4 aromatic rings. The number of carbonyl (C=O) groups excluding carboxylic acids is 1. The van der Waals surface area contributed by atoms with Crippen molar-refractivity contribution < 1.29 is 22.7 Å². The lowest BCUT2D eigenvalue weighted by atomic mass is 9.66. The van der Waals surface area contributed by atoms with Crippen LogP contribution in [0.15, 0.2) is 115 Å². The number of likely N-dealkylation sites (tertiary alicyclic amines) is 2. The second kappa shape index (κ2) is 14.0. The molecule has 0 aliphatic carbocycles. The van der Waals surface area contributed by atoms with Gasteiger partial charge in [0.15, 0.2) is 0 Å². The van der Waals surface area contributed by atoms with Gasteiger partial charge in [-0.15, -0.1) is 0 Å². The van der Waals surface area contributed by atoms with Crippen LogP contribution in [0.1, 0.15) is 60.4 Å². The second-order valence-electron chi connectivity index (χ2n) is 13.0. The number of hydrogen-bond acceptors (Lipinski definition) is 3. The zero-order valence-corrected chi connectivity index (χ0v) is 27.0. The highest BCUT2D eigenvalue weighted by Crippen LogP contribution is 2.48. The fourth-order valence-corrected chi connectivity index (χ4v) is 7.71. The first-order valence-corrected chi connectivity index (χ1v) is 16.7. The molecule has 1 atom stereocenters. The van der Waals surface area contributed by atoms with Crippen LogP contribution in [0.2, 0.25) is 0 Å². The van der Waals surface area contributed by atoms with E-state index in [4.69, 9.17) is 4.74 Å². The molecule has 246 valence electrons. The summed E-state index contributed by atoms with van der Waals surface area (Å²) in [6.45, 7) is 5.90. The Balaban J connectivity index is 1.26. The Hall–Kier alpha value is -3.94. The monoisotopic (exact) mass is 640 g/mol. The molecule has 7 heteroatoms. The van der Waals surface area contributed by atoms with Crippen molar-refractivity contribution in [3.63, 3.8) is 0 Å². The van der Waals surface area contributed by atoms with Crippen LogP contribution < -0.4 is 0 Å². The van der Waals surface area contributed by atoms with E-state index in [1.807, 2.05) is 66.4 Å². The van der Waals surface area contributed by atoms with Crippen molar-refractivity contribution in [3.05, 3.63) is 143 Å². The summed E-state index contributed by atoms with van der Waals surface area (Å²) in [5.74, 6) is 0.147. The number of rotatable bonds is 11. The van der Waals surface area contributed by atoms with Gasteiger partial charge in [0.25, 0.3) is 0 Å². The van der Waals surface area contributed by atoms with Gasteiger partial charge in [-0.05, 0) is 66.6 Å². The molecule has 2 aliphatic heterocycles. The van der Waals surface area contributed by atoms with Gasteiger partial charge in [0.1, 0.15) is 5.41 Å². The van der Waals surface area contributed by atoms with Crippen molar-refractivity contribution in [1.82, 2.24) is 9.80 Å². The van der Waals surface area contributed by atoms with Crippen LogP contribution in [0, 0.1) is 5.92 Å². The number of ether oxygens (including phenoxy) is 1. The maximum absolute atomic E-state index is 14.8. The molecule has 47 heavy (non-hydrogen) atoms. The third kappa shape index (κ3) is 6.74. The second-order valence-corrected chi connectivity index (χ2v) is 13.0. The highest BCUT2D eigenvalue weighted by Gasteiger charge is 2.55. The predicted molar refractivity (Wildman–Crippen MR) is 179 cm³/mol. The zero-order chi connectivity index (χ0) is 32.9. The zero-order valence-electron chi connectivity index (χ0n) is 27.0. The first kappa shape index (κ1) is 33.0. The number of nitrogens with zero attached hydrogens (tertiary/aromatic N) is 2. The van der Waals surface area contributed by atoms with E-state index in [1.54, 1.807) is 6.07 Å². The van der Waals surface area contributed by atoms with Crippen molar-refractivity contribution in [2.24, 2.45) is 5.92 Å². The average Bonchev–Trinajstić information content (AvgIpc) is 3.38. The Morgan fingerprint density at radius 2 is 1.36 bits per heavy atom. The van der Waals surface area contributed by atoms with Gasteiger partial charge < -0.3 is 14.5 Å². The Labute approximate surface area is 276 Å². The lowest BCUT2D eigenvalue weighted by Gasteiger charge is -2.43. The molecular formula is C40H43F3N2O2. The minimum atomic E-state index is -4.40. The van der Waals surface area contributed by atoms with Crippen molar-refractivity contribution in [1.29, 1.82) is 0 Å². The number of hydrogen-bond donors (Lipinski definition) is 0. The molecule has 4 aromatic carbocycles. The molecule has 2 fully saturated rings. The molecular weight excluding hydrogens is 597 g/mol. The number of alkyl halides is 3. The Bertz CT molecular complexity index is 1560. The summed E-state index contributed by atoms with van der Waals surface area (Å²) in [6.07, 6.45) is -1.59. The summed E-state index contributed by atoms with van der Waals surface area (Å²) in [7, 11) is 0. The molecule has 1 amide bonds. The van der Waals surface area contributed by atoms with Crippen molar-refractivity contribution in [2.45, 2.75) is 56.3 Å². The predicted octanol–water partition coefficient (Wildman–Crippen LogP) is 8.46. The minimum Gasteiger partial charge on any atom is -0.370 e. The van der Waals surface area contributed by atoms with Crippen LogP contribution >= 0.6 is 0 Å². The van der Waals surface area contributed by atoms with Gasteiger partial charge in [0, 0.05) is 38.7 Å². The highest BCUT2D eigenvalue weighted by molar-refractivity contribution is 5.94. The van der Waals surface area contributed by atoms with E-state index in [0.29, 0.717) is 51.2 Å². The molecule has 2 saturated heterocycles. The lowest BCUT2D eigenvalue weighted by molar-refractivity contribution is -0.138. The number of benzene rings is 4. The number of amides is 1. The van der Waals surface area contributed by atoms with E-state index in [0.717, 1.165) is 42.1 Å². The van der Waals surface area contributed by atoms with Gasteiger partial charge in [0.2, 0.25) is 5.91 Å². The van der Waals surface area contributed by atoms with Crippen LogP contribution in [0.4, 0.5) is 13.2 Å². The summed E-state index contributed by atoms with van der Waals surface area (Å²) < 4.78 is 47.3. The molecule has 0 spiro atoms. The fraction of sp³-hybridized carbons (Fsp3) is 0.375. The molecule has 2 aliphatic rings. The first-order valence-electron chi connectivity index (χ1n) is 16.7. The molecule has 0 aromatic heterocycles. The summed E-state index contributed by atoms with van der Waals surface area (Å²) in [5, 5.41) is 0. The van der Waals surface area contributed by atoms with E-state index in [2.05, 4.69) is 41.3 Å². The van der Waals surface area contributed by atoms with E-state index in [1.165, 1.54) is 12.1 Å². The first-order chi connectivity index (χ1) is 22.8. The van der Waals surface area contributed by atoms with Crippen LogP contribution in [0.25, 0.3) is 0 Å². The maximum Gasteiger partial charge on any atom is 0.416 e. The maximum atomic E-state index is 14.8. The molecule has 0 saturated carbocycles. The molecule has 2 heterocycles. The largest absolute Gasteiger partial charge is 0.416 e. The number of halogens is 3. The Morgan fingerprint density at radius 1 is 0.787 bits per heavy atom. The lowest BCUT2D eigenvalue weighted by Crippen LogP contribution is -2.46. The number of piperidine rings is 1. The molecule has 0 N–H and O–H groups in total. The summed E-state index contributed by atoms with van der Waals surface area (Å²) in [5.41, 5.74) is 1.51. The molecule has 0 radical (unpaired) electrons. The van der Waals surface area contributed by atoms with Gasteiger partial charge >= 0.3 is 6.18 Å². The third-order valence-corrected chi connectivity index (χ3v) is 10.1. The van der Waals surface area contributed by atoms with Crippen LogP contribution in [-0.4, -0.2) is 48.5 Å². The van der Waals surface area contributed by atoms with Crippen LogP contribution in [0.5, 0.6) is 0 Å². The number of carbonyl (C=O) groups is 1. The molecule has 0 bridgehead atoms. The summed E-state index contributed by atoms with van der Waals surface area (Å²) in [4.78, 5) is 19.2. The highest BCUT2D eigenvalue weighted by atomic mass is 19.4. The van der Waals surface area contributed by atoms with Crippen molar-refractivity contribution in [2.75, 3.05) is 32.8 Å². The smallest absolute Gasteiger partial charge is 0.370 e. The van der Waals surface area contributed by atoms with Gasteiger partial charge in [-0.1, -0.05) is 110 Å². The molecule has 6 rings (SSSR count). The Morgan fingerprint density at radius 3 is 1.94 bits per heavy atom. The third-order valence-electron chi connectivity index (χ3n) is 10.1. The van der Waals surface area contributed by atoms with E-state index >= 15 is 0 Å². The van der Waals surface area contributed by atoms with E-state index in [9.17, 15) is 18.0 Å². The van der Waals surface area contributed by atoms with Crippen LogP contribution in [-0.2, 0) is 33.3 Å². The fourth-order valence-electron chi connectivity index (χ4n) is 7.71. The van der Waals surface area contributed by atoms with E-state index < -0.39 is 22.8 Å². The molecule has 4 nitrogen and oxygen atoms in total. The van der Waals surface area contributed by atoms with Crippen molar-refractivity contribution in [3.8, 4) is 0 Å². The van der Waals surface area contributed by atoms with Gasteiger partial charge in [-0.3, -0.25) is 4.79 Å². The molecule has 1 unspecified atom stereocenters. The standard InChI is InChI=1S/C40H43F3N2O2/c1-2-27-47-38(34-19-12-20-35(28-34)40(41,42)43)22-25-44(26-23-38)24-21-36-30-45(29-31-13-6-3-7-14-31)37(46)39(36,32-15-8-4-9-16-32)33-17-10-5-11-18-33/h3-20,28,36H,2,21-27,29-30H2,1H3. The van der Waals surface area contributed by atoms with Crippen molar-refractivity contribution >= 4 is 5.91 Å². The van der Waals surface area contributed by atoms with Gasteiger partial charge in [-0.2, -0.15) is 13.2 Å². The minimum absolute atomic E-state index is 0.0232. The quantitative estimate of drug-likeness (QED) is 0.165. The van der Waals surface area contributed by atoms with E-state index in [-0.39, 0.29) is 11.8 Å². The normalized spacial score (nSPS) is 19.6. The van der Waals surface area contributed by atoms with Gasteiger partial charge in [0.05, 0.1) is 11.2 Å². The Kier molecular flexibility index (Phi) is 9.85. The summed E-state index contributed by atoms with van der Waals surface area (Å²) in [6, 6.07) is 36.2. The SMILES string of the molecule is CCCOC1(c2cccc(C(F)(F)F)c2)CCN(CCC2CN(Cc3ccccc3)C(=O)C2(c2ccccc2)c2ccccc2)CC1. The van der Waals surface area contributed by atoms with Crippen LogP contribution in [0.3, 0.4) is 0 Å². The average molecular weight is 641 g/mol. The summed E-state index contributed by atoms with van der Waals surface area (Å²) >= 11 is 0. The van der Waals surface area contributed by atoms with Gasteiger partial charge in [-0.25, -0.2) is 0 Å². The topological polar surface area (TPSA) is 32.8 Å².